The van der Waals surface area contributed by atoms with Gasteiger partial charge in [0.15, 0.2) is 5.82 Å². The lowest BCUT2D eigenvalue weighted by molar-refractivity contribution is 0.0941. The lowest BCUT2D eigenvalue weighted by Gasteiger charge is -2.28. The third kappa shape index (κ3) is 4.43. The molecule has 0 bridgehead atoms. The molecule has 1 saturated heterocycles. The first-order valence-electron chi connectivity index (χ1n) is 9.32. The maximum atomic E-state index is 12.4. The van der Waals surface area contributed by atoms with E-state index in [1.54, 1.807) is 6.07 Å². The number of hydrogen-bond acceptors (Lipinski definition) is 7. The van der Waals surface area contributed by atoms with Crippen molar-refractivity contribution >= 4 is 26.8 Å². The first-order valence-corrected chi connectivity index (χ1v) is 11.2. The Labute approximate surface area is 168 Å². The Morgan fingerprint density at radius 1 is 1.17 bits per heavy atom. The number of piperidine rings is 1. The number of carbonyl (C=O) groups excluding carboxylic acids is 1. The lowest BCUT2D eigenvalue weighted by Crippen LogP contribution is -2.37. The number of pyridine rings is 1. The van der Waals surface area contributed by atoms with Crippen LogP contribution in [0.15, 0.2) is 40.9 Å². The molecule has 0 atom stereocenters. The Morgan fingerprint density at radius 3 is 2.69 bits per heavy atom. The van der Waals surface area contributed by atoms with Gasteiger partial charge in [-0.15, -0.1) is 0 Å². The van der Waals surface area contributed by atoms with Crippen LogP contribution < -0.4 is 5.32 Å². The summed E-state index contributed by atoms with van der Waals surface area (Å²) in [5.41, 5.74) is 1.07. The number of nitrogens with one attached hydrogen (secondary N) is 1. The molecule has 1 aliphatic heterocycles. The van der Waals surface area contributed by atoms with E-state index in [1.807, 2.05) is 30.3 Å². The third-order valence-electron chi connectivity index (χ3n) is 5.00. The van der Waals surface area contributed by atoms with Gasteiger partial charge in [-0.2, -0.15) is 4.98 Å². The molecule has 9 nitrogen and oxygen atoms in total. The van der Waals surface area contributed by atoms with Gasteiger partial charge in [-0.25, -0.2) is 17.7 Å². The molecule has 1 N–H and O–H groups in total. The zero-order valence-electron chi connectivity index (χ0n) is 15.9. The maximum Gasteiger partial charge on any atom is 0.270 e. The van der Waals surface area contributed by atoms with Gasteiger partial charge in [0.05, 0.1) is 18.3 Å². The molecule has 1 amide bonds. The summed E-state index contributed by atoms with van der Waals surface area (Å²) in [6, 6.07) is 11.1. The number of benzene rings is 1. The van der Waals surface area contributed by atoms with Crippen molar-refractivity contribution in [3.05, 3.63) is 53.8 Å². The van der Waals surface area contributed by atoms with Crippen LogP contribution in [-0.4, -0.2) is 53.1 Å². The van der Waals surface area contributed by atoms with Gasteiger partial charge in [-0.05, 0) is 25.0 Å². The SMILES string of the molecule is CS(=O)(=O)N1CCC(c2noc(CNC(=O)c3ccc4ccccc4n3)n2)CC1. The molecule has 2 aromatic heterocycles. The second-order valence-corrected chi connectivity index (χ2v) is 9.04. The van der Waals surface area contributed by atoms with E-state index < -0.39 is 10.0 Å². The average molecular weight is 415 g/mol. The van der Waals surface area contributed by atoms with Gasteiger partial charge < -0.3 is 9.84 Å². The molecular formula is C19H21N5O4S. The van der Waals surface area contributed by atoms with Crippen molar-refractivity contribution in [1.29, 1.82) is 0 Å². The van der Waals surface area contributed by atoms with Gasteiger partial charge in [0.25, 0.3) is 5.91 Å². The second-order valence-electron chi connectivity index (χ2n) is 7.05. The van der Waals surface area contributed by atoms with E-state index in [-0.39, 0.29) is 18.4 Å². The summed E-state index contributed by atoms with van der Waals surface area (Å²) >= 11 is 0. The Bertz CT molecular complexity index is 1140. The number of sulfonamides is 1. The van der Waals surface area contributed by atoms with Crippen molar-refractivity contribution in [3.8, 4) is 0 Å². The van der Waals surface area contributed by atoms with Crippen LogP contribution in [0.4, 0.5) is 0 Å². The van der Waals surface area contributed by atoms with Crippen molar-refractivity contribution in [3.63, 3.8) is 0 Å². The number of aromatic nitrogens is 3. The molecule has 1 fully saturated rings. The van der Waals surface area contributed by atoms with E-state index in [2.05, 4.69) is 20.4 Å². The zero-order chi connectivity index (χ0) is 20.4. The second kappa shape index (κ2) is 7.88. The van der Waals surface area contributed by atoms with Crippen LogP contribution >= 0.6 is 0 Å². The van der Waals surface area contributed by atoms with Gasteiger partial charge >= 0.3 is 0 Å². The highest BCUT2D eigenvalue weighted by atomic mass is 32.2. The molecule has 0 unspecified atom stereocenters. The molecule has 29 heavy (non-hydrogen) atoms. The number of fused-ring (bicyclic) bond motifs is 1. The van der Waals surface area contributed by atoms with Crippen molar-refractivity contribution < 1.29 is 17.7 Å². The van der Waals surface area contributed by atoms with Crippen molar-refractivity contribution in [2.24, 2.45) is 0 Å². The van der Waals surface area contributed by atoms with Crippen molar-refractivity contribution in [2.45, 2.75) is 25.3 Å². The summed E-state index contributed by atoms with van der Waals surface area (Å²) in [7, 11) is -3.17. The van der Waals surface area contributed by atoms with Crippen molar-refractivity contribution in [2.75, 3.05) is 19.3 Å². The van der Waals surface area contributed by atoms with Crippen LogP contribution in [-0.2, 0) is 16.6 Å². The van der Waals surface area contributed by atoms with E-state index in [9.17, 15) is 13.2 Å². The normalized spacial score (nSPS) is 16.2. The predicted octanol–water partition coefficient (Wildman–Crippen LogP) is 1.69. The smallest absolute Gasteiger partial charge is 0.270 e. The average Bonchev–Trinajstić information content (AvgIpc) is 3.20. The van der Waals surface area contributed by atoms with Crippen molar-refractivity contribution in [1.82, 2.24) is 24.7 Å². The quantitative estimate of drug-likeness (QED) is 0.673. The summed E-state index contributed by atoms with van der Waals surface area (Å²) in [5, 5.41) is 7.70. The Kier molecular flexibility index (Phi) is 5.29. The first kappa shape index (κ1) is 19.5. The van der Waals surface area contributed by atoms with Crippen LogP contribution in [0, 0.1) is 0 Å². The van der Waals surface area contributed by atoms with E-state index in [4.69, 9.17) is 4.52 Å². The highest BCUT2D eigenvalue weighted by Crippen LogP contribution is 2.26. The fourth-order valence-corrected chi connectivity index (χ4v) is 4.26. The summed E-state index contributed by atoms with van der Waals surface area (Å²) < 4.78 is 29.9. The van der Waals surface area contributed by atoms with Gasteiger partial charge in [-0.1, -0.05) is 29.4 Å². The molecule has 0 aliphatic carbocycles. The monoisotopic (exact) mass is 415 g/mol. The molecule has 0 saturated carbocycles. The molecule has 3 aromatic rings. The Morgan fingerprint density at radius 2 is 1.93 bits per heavy atom. The summed E-state index contributed by atoms with van der Waals surface area (Å²) in [4.78, 5) is 21.1. The summed E-state index contributed by atoms with van der Waals surface area (Å²) in [6.07, 6.45) is 2.49. The first-order chi connectivity index (χ1) is 13.9. The van der Waals surface area contributed by atoms with E-state index in [0.717, 1.165) is 10.9 Å². The van der Waals surface area contributed by atoms with Crippen LogP contribution in [0.25, 0.3) is 10.9 Å². The highest BCUT2D eigenvalue weighted by molar-refractivity contribution is 7.88. The Balaban J connectivity index is 1.35. The molecule has 10 heteroatoms. The minimum absolute atomic E-state index is 0.0448. The minimum Gasteiger partial charge on any atom is -0.342 e. The zero-order valence-corrected chi connectivity index (χ0v) is 16.7. The number of para-hydroxylation sites is 1. The van der Waals surface area contributed by atoms with Gasteiger partial charge in [0, 0.05) is 24.4 Å². The van der Waals surface area contributed by atoms with E-state index >= 15 is 0 Å². The van der Waals surface area contributed by atoms with Crippen LogP contribution in [0.5, 0.6) is 0 Å². The topological polar surface area (TPSA) is 118 Å². The molecule has 3 heterocycles. The number of nitrogens with zero attached hydrogens (tertiary/aromatic N) is 4. The molecule has 152 valence electrons. The minimum atomic E-state index is -3.17. The number of rotatable bonds is 5. The van der Waals surface area contributed by atoms with Crippen LogP contribution in [0.2, 0.25) is 0 Å². The lowest BCUT2D eigenvalue weighted by atomic mass is 9.98. The number of amides is 1. The molecular weight excluding hydrogens is 394 g/mol. The molecule has 4 rings (SSSR count). The molecule has 0 spiro atoms. The van der Waals surface area contributed by atoms with Crippen LogP contribution in [0.1, 0.15) is 41.0 Å². The van der Waals surface area contributed by atoms with Gasteiger partial charge in [-0.3, -0.25) is 4.79 Å². The summed E-state index contributed by atoms with van der Waals surface area (Å²) in [6.45, 7) is 0.984. The maximum absolute atomic E-state index is 12.4. The number of carbonyl (C=O) groups is 1. The Hall–Kier alpha value is -2.85. The third-order valence-corrected chi connectivity index (χ3v) is 6.31. The summed E-state index contributed by atoms with van der Waals surface area (Å²) in [5.74, 6) is 0.575. The van der Waals surface area contributed by atoms with E-state index in [0.29, 0.717) is 43.3 Å². The largest absolute Gasteiger partial charge is 0.342 e. The molecule has 0 radical (unpaired) electrons. The van der Waals surface area contributed by atoms with Gasteiger partial charge in [0.2, 0.25) is 15.9 Å². The fraction of sp³-hybridized carbons (Fsp3) is 0.368. The van der Waals surface area contributed by atoms with Crippen LogP contribution in [0.3, 0.4) is 0 Å². The standard InChI is InChI=1S/C19H21N5O4S/c1-29(26,27)24-10-8-14(9-11-24)18-22-17(28-23-18)12-20-19(25)16-7-6-13-4-2-3-5-15(13)21-16/h2-7,14H,8-12H2,1H3,(H,20,25). The number of hydrogen-bond donors (Lipinski definition) is 1. The van der Waals surface area contributed by atoms with Gasteiger partial charge in [0.1, 0.15) is 5.69 Å². The highest BCUT2D eigenvalue weighted by Gasteiger charge is 2.28. The molecule has 1 aromatic carbocycles. The molecule has 1 aliphatic rings. The fourth-order valence-electron chi connectivity index (χ4n) is 3.39. The van der Waals surface area contributed by atoms with E-state index in [1.165, 1.54) is 10.6 Å². The predicted molar refractivity (Wildman–Crippen MR) is 106 cm³/mol.